The van der Waals surface area contributed by atoms with Crippen LogP contribution in [-0.2, 0) is 0 Å². The second-order valence-corrected chi connectivity index (χ2v) is 2.28. The van der Waals surface area contributed by atoms with Crippen LogP contribution in [0, 0.1) is 6.92 Å². The van der Waals surface area contributed by atoms with Gasteiger partial charge in [0.1, 0.15) is 0 Å². The zero-order chi connectivity index (χ0) is 5.98. The van der Waals surface area contributed by atoms with Crippen molar-refractivity contribution in [2.45, 2.75) is 11.8 Å². The molecule has 1 heteroatoms. The molecule has 0 aliphatic rings. The summed E-state index contributed by atoms with van der Waals surface area (Å²) in [7, 11) is 0. The van der Waals surface area contributed by atoms with E-state index in [1.54, 1.807) is 0 Å². The number of rotatable bonds is 0. The molecule has 0 spiro atoms. The van der Waals surface area contributed by atoms with Crippen molar-refractivity contribution in [3.8, 4) is 0 Å². The molecule has 41 valence electrons. The van der Waals surface area contributed by atoms with Crippen molar-refractivity contribution in [1.29, 1.82) is 0 Å². The van der Waals surface area contributed by atoms with Gasteiger partial charge < -0.3 is 0 Å². The van der Waals surface area contributed by atoms with Crippen LogP contribution in [-0.4, -0.2) is 0 Å². The average molecular weight is 123 g/mol. The highest BCUT2D eigenvalue weighted by Gasteiger charge is 1.81. The van der Waals surface area contributed by atoms with Gasteiger partial charge >= 0.3 is 0 Å². The summed E-state index contributed by atoms with van der Waals surface area (Å²) in [5.41, 5.74) is 1.26. The molecule has 0 aromatic heterocycles. The second kappa shape index (κ2) is 2.14. The number of hydrogen-bond acceptors (Lipinski definition) is 0. The second-order valence-electron chi connectivity index (χ2n) is 1.81. The predicted octanol–water partition coefficient (Wildman–Crippen LogP) is 2.55. The third-order valence-corrected chi connectivity index (χ3v) is 1.29. The zero-order valence-corrected chi connectivity index (χ0v) is 5.53. The van der Waals surface area contributed by atoms with Gasteiger partial charge in [-0.05, 0) is 19.1 Å². The Morgan fingerprint density at radius 1 is 1.12 bits per heavy atom. The maximum Gasteiger partial charge on any atom is 0.0377 e. The van der Waals surface area contributed by atoms with E-state index in [0.717, 1.165) is 4.90 Å². The zero-order valence-electron chi connectivity index (χ0n) is 4.72. The third-order valence-electron chi connectivity index (χ3n) is 1.02. The lowest BCUT2D eigenvalue weighted by Gasteiger charge is -1.88. The Hall–Kier alpha value is -0.560. The molecule has 1 aromatic rings. The van der Waals surface area contributed by atoms with Crippen molar-refractivity contribution >= 4 is 12.6 Å². The monoisotopic (exact) mass is 123 g/mol. The van der Waals surface area contributed by atoms with E-state index in [2.05, 4.69) is 6.92 Å². The minimum Gasteiger partial charge on any atom is -0.0801 e. The lowest BCUT2D eigenvalue weighted by molar-refractivity contribution is 1.39. The molecule has 0 N–H and O–H groups in total. The summed E-state index contributed by atoms with van der Waals surface area (Å²) in [5, 5.41) is 0. The lowest BCUT2D eigenvalue weighted by atomic mass is 10.2. The highest BCUT2D eigenvalue weighted by Crippen LogP contribution is 2.05. The molecule has 0 atom stereocenters. The van der Waals surface area contributed by atoms with Crippen LogP contribution in [0.1, 0.15) is 5.56 Å². The van der Waals surface area contributed by atoms with Crippen LogP contribution in [0.4, 0.5) is 0 Å². The highest BCUT2D eigenvalue weighted by molar-refractivity contribution is 7.80. The fraction of sp³-hybridized carbons (Fsp3) is 0.143. The van der Waals surface area contributed by atoms with E-state index in [-0.39, 0.29) is 0 Å². The van der Waals surface area contributed by atoms with Crippen LogP contribution >= 0.6 is 12.6 Å². The smallest absolute Gasteiger partial charge is 0.0377 e. The minimum atomic E-state index is 0.913. The van der Waals surface area contributed by atoms with Gasteiger partial charge in [0.05, 0.1) is 0 Å². The molecule has 0 bridgehead atoms. The fourth-order valence-electron chi connectivity index (χ4n) is 0.538. The van der Waals surface area contributed by atoms with Crippen molar-refractivity contribution in [2.24, 2.45) is 0 Å². The molecule has 0 nitrogen and oxygen atoms in total. The Morgan fingerprint density at radius 3 is 2.00 bits per heavy atom. The standard InChI is InChI=1S/C7H7S/c1-6-2-4-7(8)5-3-6/h2-5H,1H3. The summed E-state index contributed by atoms with van der Waals surface area (Å²) in [5.74, 6) is 0. The molecule has 1 aromatic carbocycles. The summed E-state index contributed by atoms with van der Waals surface area (Å²) in [4.78, 5) is 0.913. The van der Waals surface area contributed by atoms with Gasteiger partial charge in [0, 0.05) is 4.90 Å². The summed E-state index contributed by atoms with van der Waals surface area (Å²) in [6.07, 6.45) is 0. The summed E-state index contributed by atoms with van der Waals surface area (Å²) in [6, 6.07) is 7.90. The van der Waals surface area contributed by atoms with Crippen LogP contribution in [0.15, 0.2) is 29.2 Å². The molecule has 0 fully saturated rings. The van der Waals surface area contributed by atoms with Crippen LogP contribution < -0.4 is 0 Å². The predicted molar refractivity (Wildman–Crippen MR) is 37.0 cm³/mol. The van der Waals surface area contributed by atoms with Crippen molar-refractivity contribution in [3.63, 3.8) is 0 Å². The SMILES string of the molecule is Cc1ccc([S])cc1. The van der Waals surface area contributed by atoms with E-state index in [4.69, 9.17) is 12.6 Å². The number of aryl methyl sites for hydroxylation is 1. The van der Waals surface area contributed by atoms with Gasteiger partial charge in [-0.15, -0.1) is 0 Å². The van der Waals surface area contributed by atoms with E-state index >= 15 is 0 Å². The van der Waals surface area contributed by atoms with Gasteiger partial charge in [-0.3, -0.25) is 0 Å². The van der Waals surface area contributed by atoms with Crippen molar-refractivity contribution < 1.29 is 0 Å². The van der Waals surface area contributed by atoms with Gasteiger partial charge in [0.15, 0.2) is 0 Å². The van der Waals surface area contributed by atoms with Gasteiger partial charge in [-0.1, -0.05) is 30.3 Å². The first kappa shape index (κ1) is 5.57. The van der Waals surface area contributed by atoms with Crippen molar-refractivity contribution in [2.75, 3.05) is 0 Å². The molecule has 1 rings (SSSR count). The Morgan fingerprint density at radius 2 is 1.62 bits per heavy atom. The number of benzene rings is 1. The van der Waals surface area contributed by atoms with Crippen LogP contribution in [0.3, 0.4) is 0 Å². The summed E-state index contributed by atoms with van der Waals surface area (Å²) >= 11 is 4.87. The Labute approximate surface area is 55.0 Å². The van der Waals surface area contributed by atoms with Crippen LogP contribution in [0.25, 0.3) is 0 Å². The molecule has 0 unspecified atom stereocenters. The molecule has 8 heavy (non-hydrogen) atoms. The van der Waals surface area contributed by atoms with Crippen molar-refractivity contribution in [1.82, 2.24) is 0 Å². The van der Waals surface area contributed by atoms with E-state index < -0.39 is 0 Å². The molecule has 0 aliphatic carbocycles. The fourth-order valence-corrected chi connectivity index (χ4v) is 0.674. The van der Waals surface area contributed by atoms with Gasteiger partial charge in [-0.2, -0.15) is 0 Å². The molecule has 0 saturated heterocycles. The molecule has 1 radical (unpaired) electrons. The molecular formula is C7H7S. The van der Waals surface area contributed by atoms with E-state index in [9.17, 15) is 0 Å². The normalized spacial score (nSPS) is 9.12. The average Bonchev–Trinajstić information content (AvgIpc) is 1.77. The third kappa shape index (κ3) is 1.20. The maximum absolute atomic E-state index is 4.87. The molecule has 0 saturated carbocycles. The molecular weight excluding hydrogens is 116 g/mol. The molecule has 0 heterocycles. The van der Waals surface area contributed by atoms with E-state index in [1.807, 2.05) is 24.3 Å². The maximum atomic E-state index is 4.87. The first-order chi connectivity index (χ1) is 3.79. The quantitative estimate of drug-likeness (QED) is 0.497. The highest BCUT2D eigenvalue weighted by atomic mass is 32.1. The first-order valence-corrected chi connectivity index (χ1v) is 2.93. The largest absolute Gasteiger partial charge is 0.0801 e. The Bertz CT molecular complexity index is 143. The molecule has 0 aliphatic heterocycles. The minimum absolute atomic E-state index is 0.913. The topological polar surface area (TPSA) is 0 Å². The summed E-state index contributed by atoms with van der Waals surface area (Å²) < 4.78 is 0. The van der Waals surface area contributed by atoms with Gasteiger partial charge in [-0.25, -0.2) is 0 Å². The van der Waals surface area contributed by atoms with Crippen molar-refractivity contribution in [3.05, 3.63) is 29.8 Å². The number of hydrogen-bond donors (Lipinski definition) is 0. The van der Waals surface area contributed by atoms with Crippen LogP contribution in [0.5, 0.6) is 0 Å². The lowest BCUT2D eigenvalue weighted by Crippen LogP contribution is -1.67. The van der Waals surface area contributed by atoms with Gasteiger partial charge in [0.25, 0.3) is 0 Å². The van der Waals surface area contributed by atoms with E-state index in [0.29, 0.717) is 0 Å². The van der Waals surface area contributed by atoms with E-state index in [1.165, 1.54) is 5.56 Å². The van der Waals surface area contributed by atoms with Gasteiger partial charge in [0.2, 0.25) is 0 Å². The Kier molecular flexibility index (Phi) is 1.49. The summed E-state index contributed by atoms with van der Waals surface area (Å²) in [6.45, 7) is 2.05. The molecule has 0 amide bonds. The first-order valence-electron chi connectivity index (χ1n) is 2.53. The Balaban J connectivity index is 3.03. The van der Waals surface area contributed by atoms with Crippen LogP contribution in [0.2, 0.25) is 0 Å².